The van der Waals surface area contributed by atoms with Crippen molar-refractivity contribution in [1.82, 2.24) is 4.57 Å². The molecule has 1 aromatic rings. The second-order valence-electron chi connectivity index (χ2n) is 2.19. The Bertz CT molecular complexity index is 295. The van der Waals surface area contributed by atoms with Gasteiger partial charge in [-0.05, 0) is 0 Å². The highest BCUT2D eigenvalue weighted by Crippen LogP contribution is 1.92. The fourth-order valence-corrected chi connectivity index (χ4v) is 0.782. The van der Waals surface area contributed by atoms with E-state index in [1.165, 1.54) is 23.0 Å². The van der Waals surface area contributed by atoms with E-state index in [-0.39, 0.29) is 17.7 Å². The van der Waals surface area contributed by atoms with E-state index >= 15 is 0 Å². The van der Waals surface area contributed by atoms with Crippen molar-refractivity contribution in [2.24, 2.45) is 0 Å². The molecule has 1 heterocycles. The summed E-state index contributed by atoms with van der Waals surface area (Å²) >= 11 is 0. The van der Waals surface area contributed by atoms with Crippen LogP contribution in [0.25, 0.3) is 0 Å². The third-order valence-electron chi connectivity index (χ3n) is 1.35. The Morgan fingerprint density at radius 2 is 2.36 bits per heavy atom. The normalized spacial score (nSPS) is 9.91. The molecule has 0 spiro atoms. The molecule has 1 rings (SSSR count). The molecule has 0 radical (unpaired) electrons. The van der Waals surface area contributed by atoms with Crippen LogP contribution in [0.1, 0.15) is 0 Å². The van der Waals surface area contributed by atoms with Gasteiger partial charge in [0.1, 0.15) is 6.67 Å². The quantitative estimate of drug-likeness (QED) is 0.673. The molecule has 0 aliphatic heterocycles. The minimum atomic E-state index is -0.456. The van der Waals surface area contributed by atoms with Crippen LogP contribution >= 0.6 is 0 Å². The number of anilines is 1. The summed E-state index contributed by atoms with van der Waals surface area (Å²) < 4.78 is 13.3. The standard InChI is InChI=1S/C7H9FN2O/c8-2-4-10-3-1-7(11)6(9)5-10/h1,3,5H,2,4,9H2. The Morgan fingerprint density at radius 3 is 2.91 bits per heavy atom. The van der Waals surface area contributed by atoms with Crippen molar-refractivity contribution in [2.75, 3.05) is 12.4 Å². The van der Waals surface area contributed by atoms with Gasteiger partial charge in [-0.15, -0.1) is 0 Å². The maximum Gasteiger partial charge on any atom is 0.204 e. The largest absolute Gasteiger partial charge is 0.394 e. The van der Waals surface area contributed by atoms with Crippen LogP contribution in [0, 0.1) is 0 Å². The summed E-state index contributed by atoms with van der Waals surface area (Å²) in [6.45, 7) is -0.215. The zero-order valence-electron chi connectivity index (χ0n) is 5.96. The number of hydrogen-bond acceptors (Lipinski definition) is 2. The SMILES string of the molecule is Nc1cn(CCF)ccc1=O. The summed E-state index contributed by atoms with van der Waals surface area (Å²) in [6, 6.07) is 1.32. The van der Waals surface area contributed by atoms with Gasteiger partial charge in [-0.3, -0.25) is 4.79 Å². The Kier molecular flexibility index (Phi) is 2.25. The summed E-state index contributed by atoms with van der Waals surface area (Å²) in [7, 11) is 0. The molecule has 0 saturated heterocycles. The van der Waals surface area contributed by atoms with E-state index in [0.717, 1.165) is 0 Å². The molecule has 60 valence electrons. The highest BCUT2D eigenvalue weighted by atomic mass is 19.1. The molecule has 0 atom stereocenters. The van der Waals surface area contributed by atoms with Crippen molar-refractivity contribution >= 4 is 5.69 Å². The van der Waals surface area contributed by atoms with Crippen molar-refractivity contribution in [3.05, 3.63) is 28.7 Å². The van der Waals surface area contributed by atoms with Gasteiger partial charge < -0.3 is 10.3 Å². The van der Waals surface area contributed by atoms with Crippen molar-refractivity contribution < 1.29 is 4.39 Å². The van der Waals surface area contributed by atoms with Gasteiger partial charge in [0.2, 0.25) is 5.43 Å². The highest BCUT2D eigenvalue weighted by Gasteiger charge is 1.93. The molecular weight excluding hydrogens is 147 g/mol. The molecule has 0 unspecified atom stereocenters. The fourth-order valence-electron chi connectivity index (χ4n) is 0.782. The lowest BCUT2D eigenvalue weighted by atomic mass is 10.4. The number of nitrogen functional groups attached to an aromatic ring is 1. The van der Waals surface area contributed by atoms with Crippen LogP contribution in [0.5, 0.6) is 0 Å². The summed E-state index contributed by atoms with van der Waals surface area (Å²) in [5.74, 6) is 0. The Labute approximate surface area is 63.3 Å². The average Bonchev–Trinajstić information content (AvgIpc) is 1.98. The van der Waals surface area contributed by atoms with E-state index in [4.69, 9.17) is 5.73 Å². The van der Waals surface area contributed by atoms with E-state index in [1.54, 1.807) is 0 Å². The predicted molar refractivity (Wildman–Crippen MR) is 41.1 cm³/mol. The lowest BCUT2D eigenvalue weighted by molar-refractivity contribution is 0.445. The Balaban J connectivity index is 2.96. The minimum Gasteiger partial charge on any atom is -0.394 e. The summed E-state index contributed by atoms with van der Waals surface area (Å²) in [5, 5.41) is 0. The molecule has 1 aromatic heterocycles. The molecule has 4 heteroatoms. The first kappa shape index (κ1) is 7.78. The van der Waals surface area contributed by atoms with Gasteiger partial charge in [-0.2, -0.15) is 0 Å². The maximum atomic E-state index is 11.8. The van der Waals surface area contributed by atoms with Gasteiger partial charge in [-0.25, -0.2) is 4.39 Å². The Hall–Kier alpha value is -1.32. The van der Waals surface area contributed by atoms with Gasteiger partial charge in [0.25, 0.3) is 0 Å². The van der Waals surface area contributed by atoms with Crippen LogP contribution in [0.3, 0.4) is 0 Å². The number of alkyl halides is 1. The summed E-state index contributed by atoms with van der Waals surface area (Å²) in [4.78, 5) is 10.7. The second kappa shape index (κ2) is 3.18. The monoisotopic (exact) mass is 156 g/mol. The van der Waals surface area contributed by atoms with Crippen LogP contribution in [-0.4, -0.2) is 11.2 Å². The van der Waals surface area contributed by atoms with Crippen molar-refractivity contribution in [1.29, 1.82) is 0 Å². The molecule has 2 N–H and O–H groups in total. The van der Waals surface area contributed by atoms with Crippen LogP contribution in [0.2, 0.25) is 0 Å². The first-order valence-corrected chi connectivity index (χ1v) is 3.25. The van der Waals surface area contributed by atoms with Gasteiger partial charge >= 0.3 is 0 Å². The summed E-state index contributed by atoms with van der Waals surface area (Å²) in [6.07, 6.45) is 2.94. The van der Waals surface area contributed by atoms with Crippen molar-refractivity contribution in [3.63, 3.8) is 0 Å². The zero-order chi connectivity index (χ0) is 8.27. The predicted octanol–water partition coefficient (Wildman–Crippen LogP) is 0.400. The molecule has 0 aliphatic carbocycles. The lowest BCUT2D eigenvalue weighted by Crippen LogP contribution is -2.11. The number of rotatable bonds is 2. The van der Waals surface area contributed by atoms with E-state index in [9.17, 15) is 9.18 Å². The minimum absolute atomic E-state index is 0.154. The van der Waals surface area contributed by atoms with Crippen LogP contribution in [0.4, 0.5) is 10.1 Å². The molecular formula is C7H9FN2O. The number of aromatic nitrogens is 1. The molecule has 0 fully saturated rings. The molecule has 0 saturated carbocycles. The highest BCUT2D eigenvalue weighted by molar-refractivity contribution is 5.33. The topological polar surface area (TPSA) is 48.0 Å². The molecule has 0 amide bonds. The van der Waals surface area contributed by atoms with Crippen LogP contribution in [0.15, 0.2) is 23.3 Å². The zero-order valence-corrected chi connectivity index (χ0v) is 5.96. The molecule has 3 nitrogen and oxygen atoms in total. The first-order valence-electron chi connectivity index (χ1n) is 3.25. The number of nitrogens with two attached hydrogens (primary N) is 1. The molecule has 0 aliphatic rings. The number of nitrogens with zero attached hydrogens (tertiary/aromatic N) is 1. The van der Waals surface area contributed by atoms with Gasteiger partial charge in [0.15, 0.2) is 0 Å². The third kappa shape index (κ3) is 1.80. The lowest BCUT2D eigenvalue weighted by Gasteiger charge is -2.01. The smallest absolute Gasteiger partial charge is 0.204 e. The molecule has 0 aromatic carbocycles. The Morgan fingerprint density at radius 1 is 1.64 bits per heavy atom. The van der Waals surface area contributed by atoms with Crippen LogP contribution in [-0.2, 0) is 6.54 Å². The number of hydrogen-bond donors (Lipinski definition) is 1. The number of halogens is 1. The fraction of sp³-hybridized carbons (Fsp3) is 0.286. The van der Waals surface area contributed by atoms with E-state index in [2.05, 4.69) is 0 Å². The third-order valence-corrected chi connectivity index (χ3v) is 1.35. The van der Waals surface area contributed by atoms with Gasteiger partial charge in [0, 0.05) is 18.5 Å². The average molecular weight is 156 g/mol. The van der Waals surface area contributed by atoms with E-state index in [1.807, 2.05) is 0 Å². The van der Waals surface area contributed by atoms with Gasteiger partial charge in [0.05, 0.1) is 12.2 Å². The van der Waals surface area contributed by atoms with E-state index in [0.29, 0.717) is 0 Å². The molecule has 0 bridgehead atoms. The van der Waals surface area contributed by atoms with Gasteiger partial charge in [-0.1, -0.05) is 0 Å². The van der Waals surface area contributed by atoms with Crippen LogP contribution < -0.4 is 11.2 Å². The second-order valence-corrected chi connectivity index (χ2v) is 2.19. The van der Waals surface area contributed by atoms with Crippen molar-refractivity contribution in [2.45, 2.75) is 6.54 Å². The maximum absolute atomic E-state index is 11.8. The van der Waals surface area contributed by atoms with E-state index < -0.39 is 6.67 Å². The number of pyridine rings is 1. The van der Waals surface area contributed by atoms with Crippen molar-refractivity contribution in [3.8, 4) is 0 Å². The summed E-state index contributed by atoms with van der Waals surface area (Å²) in [5.41, 5.74) is 5.23. The first-order chi connectivity index (χ1) is 5.24. The number of aryl methyl sites for hydroxylation is 1. The molecule has 11 heavy (non-hydrogen) atoms.